The van der Waals surface area contributed by atoms with Crippen molar-refractivity contribution in [1.29, 1.82) is 0 Å². The first kappa shape index (κ1) is 19.0. The van der Waals surface area contributed by atoms with E-state index in [9.17, 15) is 4.39 Å². The van der Waals surface area contributed by atoms with E-state index in [1.165, 1.54) is 23.5 Å². The second-order valence-electron chi connectivity index (χ2n) is 7.44. The van der Waals surface area contributed by atoms with Crippen molar-refractivity contribution in [3.05, 3.63) is 53.3 Å². The lowest BCUT2D eigenvalue weighted by Gasteiger charge is -2.37. The van der Waals surface area contributed by atoms with Crippen LogP contribution in [0.3, 0.4) is 0 Å². The van der Waals surface area contributed by atoms with E-state index >= 15 is 0 Å². The summed E-state index contributed by atoms with van der Waals surface area (Å²) < 4.78 is 15.1. The minimum absolute atomic E-state index is 0.207. The Kier molecular flexibility index (Phi) is 4.63. The van der Waals surface area contributed by atoms with Gasteiger partial charge >= 0.3 is 0 Å². The largest absolute Gasteiger partial charge is 0.352 e. The molecule has 0 bridgehead atoms. The number of hydrogen-bond acceptors (Lipinski definition) is 7. The molecule has 1 fully saturated rings. The van der Waals surface area contributed by atoms with E-state index in [-0.39, 0.29) is 11.9 Å². The molecule has 3 aromatic heterocycles. The number of imidazole rings is 1. The molecule has 1 saturated heterocycles. The summed E-state index contributed by atoms with van der Waals surface area (Å²) in [7, 11) is 1.98. The lowest BCUT2D eigenvalue weighted by molar-refractivity contribution is 0.511. The van der Waals surface area contributed by atoms with Crippen LogP contribution in [0.1, 0.15) is 12.6 Å². The number of aromatic nitrogens is 4. The summed E-state index contributed by atoms with van der Waals surface area (Å²) >= 11 is 1.53. The van der Waals surface area contributed by atoms with Crippen LogP contribution < -0.4 is 15.5 Å². The highest BCUT2D eigenvalue weighted by molar-refractivity contribution is 7.14. The van der Waals surface area contributed by atoms with Gasteiger partial charge in [0.15, 0.2) is 16.6 Å². The number of nitrogens with two attached hydrogens (primary N) is 1. The van der Waals surface area contributed by atoms with Gasteiger partial charge in [-0.2, -0.15) is 4.52 Å². The molecular formula is C21H22FN7S. The lowest BCUT2D eigenvalue weighted by Crippen LogP contribution is -2.56. The molecule has 0 atom stereocenters. The standard InChI is InChI=1S/C21H22FN7S/c1-3-16-20(29-18(24-16)8-9-19(26-29)28-10-15(23)11-28)27(2)21-25-17(12-30-21)13-4-6-14(22)7-5-13/h4-9,12,15H,3,10-11,23H2,1-2H3. The Labute approximate surface area is 177 Å². The first-order valence-electron chi connectivity index (χ1n) is 9.88. The van der Waals surface area contributed by atoms with Crippen molar-refractivity contribution in [2.75, 3.05) is 29.9 Å². The van der Waals surface area contributed by atoms with E-state index < -0.39 is 0 Å². The number of benzene rings is 1. The molecule has 30 heavy (non-hydrogen) atoms. The van der Waals surface area contributed by atoms with E-state index in [1.54, 1.807) is 12.1 Å². The van der Waals surface area contributed by atoms with E-state index in [0.29, 0.717) is 0 Å². The zero-order valence-electron chi connectivity index (χ0n) is 16.8. The maximum atomic E-state index is 13.2. The third kappa shape index (κ3) is 3.20. The van der Waals surface area contributed by atoms with Crippen LogP contribution in [0.4, 0.5) is 21.2 Å². The fraction of sp³-hybridized carbons (Fsp3) is 0.286. The lowest BCUT2D eigenvalue weighted by atomic mass is 10.1. The fourth-order valence-corrected chi connectivity index (χ4v) is 4.46. The van der Waals surface area contributed by atoms with Gasteiger partial charge in [0.05, 0.1) is 11.4 Å². The SMILES string of the molecule is CCc1nc2ccc(N3CC(N)C3)nn2c1N(C)c1nc(-c2ccc(F)cc2)cs1. The number of nitrogens with zero attached hydrogens (tertiary/aromatic N) is 6. The van der Waals surface area contributed by atoms with E-state index in [2.05, 4.69) is 11.8 Å². The van der Waals surface area contributed by atoms with Gasteiger partial charge in [-0.3, -0.25) is 0 Å². The van der Waals surface area contributed by atoms with Gasteiger partial charge in [0.1, 0.15) is 11.6 Å². The smallest absolute Gasteiger partial charge is 0.191 e. The number of hydrogen-bond donors (Lipinski definition) is 1. The van der Waals surface area contributed by atoms with Crippen molar-refractivity contribution in [2.24, 2.45) is 5.73 Å². The summed E-state index contributed by atoms with van der Waals surface area (Å²) in [6, 6.07) is 10.6. The molecule has 154 valence electrons. The molecule has 1 aromatic carbocycles. The van der Waals surface area contributed by atoms with Gasteiger partial charge in [0.25, 0.3) is 0 Å². The van der Waals surface area contributed by atoms with Crippen molar-refractivity contribution < 1.29 is 4.39 Å². The second-order valence-corrected chi connectivity index (χ2v) is 8.28. The number of halogens is 1. The molecule has 2 N–H and O–H groups in total. The Morgan fingerprint density at radius 2 is 1.93 bits per heavy atom. The number of anilines is 3. The predicted octanol–water partition coefficient (Wildman–Crippen LogP) is 3.47. The van der Waals surface area contributed by atoms with E-state index in [1.807, 2.05) is 34.0 Å². The molecule has 9 heteroatoms. The minimum Gasteiger partial charge on any atom is -0.352 e. The third-order valence-corrected chi connectivity index (χ3v) is 6.23. The van der Waals surface area contributed by atoms with Gasteiger partial charge in [0, 0.05) is 37.1 Å². The molecule has 5 rings (SSSR count). The van der Waals surface area contributed by atoms with Crippen LogP contribution in [0.5, 0.6) is 0 Å². The molecule has 1 aliphatic rings. The van der Waals surface area contributed by atoms with Crippen LogP contribution in [-0.4, -0.2) is 45.8 Å². The van der Waals surface area contributed by atoms with Gasteiger partial charge in [-0.15, -0.1) is 16.4 Å². The Morgan fingerprint density at radius 1 is 1.17 bits per heavy atom. The molecule has 1 aliphatic heterocycles. The molecule has 7 nitrogen and oxygen atoms in total. The van der Waals surface area contributed by atoms with E-state index in [4.69, 9.17) is 20.8 Å². The summed E-state index contributed by atoms with van der Waals surface area (Å²) in [6.07, 6.45) is 0.781. The number of fused-ring (bicyclic) bond motifs is 1. The molecule has 0 amide bonds. The molecule has 0 radical (unpaired) electrons. The molecule has 4 heterocycles. The summed E-state index contributed by atoms with van der Waals surface area (Å²) in [5, 5.41) is 7.64. The molecule has 0 saturated carbocycles. The van der Waals surface area contributed by atoms with Crippen LogP contribution in [0.25, 0.3) is 16.9 Å². The highest BCUT2D eigenvalue weighted by Gasteiger charge is 2.26. The molecule has 0 spiro atoms. The Bertz CT molecular complexity index is 1190. The third-order valence-electron chi connectivity index (χ3n) is 5.31. The van der Waals surface area contributed by atoms with Gasteiger partial charge < -0.3 is 15.5 Å². The quantitative estimate of drug-likeness (QED) is 0.530. The Morgan fingerprint density at radius 3 is 2.63 bits per heavy atom. The molecule has 4 aromatic rings. The van der Waals surface area contributed by atoms with Crippen molar-refractivity contribution in [1.82, 2.24) is 19.6 Å². The van der Waals surface area contributed by atoms with Crippen LogP contribution in [0, 0.1) is 5.82 Å². The molecular weight excluding hydrogens is 401 g/mol. The zero-order chi connectivity index (χ0) is 20.8. The monoisotopic (exact) mass is 423 g/mol. The molecule has 0 aliphatic carbocycles. The van der Waals surface area contributed by atoms with Crippen LogP contribution in [-0.2, 0) is 6.42 Å². The average Bonchev–Trinajstić information content (AvgIpc) is 3.36. The van der Waals surface area contributed by atoms with Crippen molar-refractivity contribution in [2.45, 2.75) is 19.4 Å². The Balaban J connectivity index is 1.53. The highest BCUT2D eigenvalue weighted by Crippen LogP contribution is 2.33. The maximum Gasteiger partial charge on any atom is 0.191 e. The van der Waals surface area contributed by atoms with Gasteiger partial charge in [-0.05, 0) is 42.8 Å². The number of thiazole rings is 1. The molecule has 0 unspecified atom stereocenters. The van der Waals surface area contributed by atoms with Crippen molar-refractivity contribution in [3.8, 4) is 11.3 Å². The minimum atomic E-state index is -0.255. The summed E-state index contributed by atoms with van der Waals surface area (Å²) in [4.78, 5) is 13.7. The van der Waals surface area contributed by atoms with Crippen molar-refractivity contribution >= 4 is 33.8 Å². The summed E-state index contributed by atoms with van der Waals surface area (Å²) in [6.45, 7) is 3.71. The number of rotatable bonds is 5. The first-order chi connectivity index (χ1) is 14.5. The van der Waals surface area contributed by atoms with E-state index in [0.717, 1.165) is 58.9 Å². The summed E-state index contributed by atoms with van der Waals surface area (Å²) in [5.74, 6) is 1.54. The summed E-state index contributed by atoms with van der Waals surface area (Å²) in [5.41, 5.74) is 9.40. The second kappa shape index (κ2) is 7.33. The highest BCUT2D eigenvalue weighted by atomic mass is 32.1. The average molecular weight is 424 g/mol. The van der Waals surface area contributed by atoms with Gasteiger partial charge in [-0.1, -0.05) is 6.92 Å². The van der Waals surface area contributed by atoms with Crippen LogP contribution >= 0.6 is 11.3 Å². The first-order valence-corrected chi connectivity index (χ1v) is 10.8. The van der Waals surface area contributed by atoms with Crippen LogP contribution in [0.15, 0.2) is 41.8 Å². The van der Waals surface area contributed by atoms with Gasteiger partial charge in [-0.25, -0.2) is 14.4 Å². The zero-order valence-corrected chi connectivity index (χ0v) is 17.6. The normalized spacial score (nSPS) is 14.3. The number of aryl methyl sites for hydroxylation is 1. The predicted molar refractivity (Wildman–Crippen MR) is 118 cm³/mol. The topological polar surface area (TPSA) is 75.6 Å². The fourth-order valence-electron chi connectivity index (χ4n) is 3.66. The van der Waals surface area contributed by atoms with Crippen molar-refractivity contribution in [3.63, 3.8) is 0 Å². The van der Waals surface area contributed by atoms with Gasteiger partial charge in [0.2, 0.25) is 0 Å². The Hall–Kier alpha value is -3.04. The van der Waals surface area contributed by atoms with Crippen LogP contribution in [0.2, 0.25) is 0 Å². The maximum absolute atomic E-state index is 13.2.